The first-order valence-corrected chi connectivity index (χ1v) is 11.8. The van der Waals surface area contributed by atoms with Gasteiger partial charge in [-0.25, -0.2) is 0 Å². The van der Waals surface area contributed by atoms with Crippen molar-refractivity contribution >= 4 is 17.7 Å². The summed E-state index contributed by atoms with van der Waals surface area (Å²) in [4.78, 5) is 12.7. The molecule has 0 aliphatic carbocycles. The minimum absolute atomic E-state index is 0.0739. The second-order valence-corrected chi connectivity index (χ2v) is 10.1. The minimum atomic E-state index is -0.344. The lowest BCUT2D eigenvalue weighted by molar-refractivity contribution is -0.120. The Morgan fingerprint density at radius 1 is 1.18 bits per heavy atom. The standard InChI is InChI=1S/C26H32N4O2S/c1-7-16-30-23(19-12-14-21(15-13-19)26(3,4)5)28-29-25(30)33-18(2)24(31)27-17-20-10-8-9-11-22(20)32-6/h7-15,18H,1,16-17H2,2-6H3,(H,27,31). The number of thioether (sulfide) groups is 1. The molecule has 1 unspecified atom stereocenters. The lowest BCUT2D eigenvalue weighted by atomic mass is 9.87. The SMILES string of the molecule is C=CCn1c(SC(C)C(=O)NCc2ccccc2OC)nnc1-c1ccc(C(C)(C)C)cc1. The van der Waals surface area contributed by atoms with Crippen LogP contribution in [0.15, 0.2) is 66.3 Å². The van der Waals surface area contributed by atoms with E-state index in [1.54, 1.807) is 7.11 Å². The van der Waals surface area contributed by atoms with Crippen LogP contribution >= 0.6 is 11.8 Å². The molecule has 6 nitrogen and oxygen atoms in total. The van der Waals surface area contributed by atoms with Crippen LogP contribution in [-0.2, 0) is 23.3 Å². The third kappa shape index (κ3) is 6.05. The fourth-order valence-corrected chi connectivity index (χ4v) is 4.27. The quantitative estimate of drug-likeness (QED) is 0.347. The van der Waals surface area contributed by atoms with Crippen LogP contribution in [-0.4, -0.2) is 33.0 Å². The summed E-state index contributed by atoms with van der Waals surface area (Å²) in [7, 11) is 1.62. The summed E-state index contributed by atoms with van der Waals surface area (Å²) in [6.07, 6.45) is 1.81. The zero-order valence-electron chi connectivity index (χ0n) is 20.0. The molecule has 3 aromatic rings. The van der Waals surface area contributed by atoms with E-state index in [1.807, 2.05) is 41.8 Å². The van der Waals surface area contributed by atoms with E-state index in [9.17, 15) is 4.79 Å². The molecule has 0 aliphatic rings. The number of para-hydroxylation sites is 1. The van der Waals surface area contributed by atoms with Crippen molar-refractivity contribution in [3.63, 3.8) is 0 Å². The number of allylic oxidation sites excluding steroid dienone is 1. The Morgan fingerprint density at radius 2 is 1.88 bits per heavy atom. The molecule has 1 aromatic heterocycles. The summed E-state index contributed by atoms with van der Waals surface area (Å²) in [5.74, 6) is 1.44. The molecule has 3 rings (SSSR count). The van der Waals surface area contributed by atoms with Crippen molar-refractivity contribution in [2.45, 2.75) is 56.6 Å². The topological polar surface area (TPSA) is 69.0 Å². The third-order valence-electron chi connectivity index (χ3n) is 5.33. The van der Waals surface area contributed by atoms with Gasteiger partial charge in [-0.05, 0) is 24.0 Å². The maximum absolute atomic E-state index is 12.7. The number of amides is 1. The molecule has 0 fully saturated rings. The van der Waals surface area contributed by atoms with Gasteiger partial charge in [0, 0.05) is 24.2 Å². The number of ether oxygens (including phenoxy) is 1. The van der Waals surface area contributed by atoms with E-state index in [2.05, 4.69) is 67.1 Å². The van der Waals surface area contributed by atoms with Gasteiger partial charge in [0.15, 0.2) is 11.0 Å². The maximum Gasteiger partial charge on any atom is 0.233 e. The molecule has 1 heterocycles. The van der Waals surface area contributed by atoms with Crippen LogP contribution in [0.4, 0.5) is 0 Å². The molecule has 0 saturated carbocycles. The zero-order chi connectivity index (χ0) is 24.0. The molecule has 0 spiro atoms. The van der Waals surface area contributed by atoms with Crippen molar-refractivity contribution in [3.8, 4) is 17.1 Å². The van der Waals surface area contributed by atoms with Crippen molar-refractivity contribution in [2.75, 3.05) is 7.11 Å². The van der Waals surface area contributed by atoms with Gasteiger partial charge in [0.05, 0.1) is 12.4 Å². The van der Waals surface area contributed by atoms with E-state index in [4.69, 9.17) is 4.74 Å². The lowest BCUT2D eigenvalue weighted by Crippen LogP contribution is -2.30. The summed E-state index contributed by atoms with van der Waals surface area (Å²) >= 11 is 1.38. The number of rotatable bonds is 9. The first kappa shape index (κ1) is 24.6. The highest BCUT2D eigenvalue weighted by Crippen LogP contribution is 2.29. The smallest absolute Gasteiger partial charge is 0.233 e. The van der Waals surface area contributed by atoms with Gasteiger partial charge in [0.1, 0.15) is 5.75 Å². The highest BCUT2D eigenvalue weighted by atomic mass is 32.2. The second kappa shape index (κ2) is 10.7. The number of nitrogens with one attached hydrogen (secondary N) is 1. The van der Waals surface area contributed by atoms with Crippen molar-refractivity contribution < 1.29 is 9.53 Å². The molecular formula is C26H32N4O2S. The van der Waals surface area contributed by atoms with Crippen LogP contribution in [0.5, 0.6) is 5.75 Å². The summed E-state index contributed by atoms with van der Waals surface area (Å²) in [6.45, 7) is 13.3. The Kier molecular flexibility index (Phi) is 7.97. The predicted molar refractivity (Wildman–Crippen MR) is 135 cm³/mol. The molecule has 7 heteroatoms. The molecule has 0 aliphatic heterocycles. The van der Waals surface area contributed by atoms with E-state index >= 15 is 0 Å². The number of nitrogens with zero attached hydrogens (tertiary/aromatic N) is 3. The number of hydrogen-bond donors (Lipinski definition) is 1. The molecule has 1 N–H and O–H groups in total. The van der Waals surface area contributed by atoms with Gasteiger partial charge in [0.2, 0.25) is 5.91 Å². The first-order chi connectivity index (χ1) is 15.7. The lowest BCUT2D eigenvalue weighted by Gasteiger charge is -2.19. The molecular weight excluding hydrogens is 432 g/mol. The molecule has 0 bridgehead atoms. The fourth-order valence-electron chi connectivity index (χ4n) is 3.39. The maximum atomic E-state index is 12.7. The molecule has 1 atom stereocenters. The van der Waals surface area contributed by atoms with Crippen LogP contribution in [0.3, 0.4) is 0 Å². The highest BCUT2D eigenvalue weighted by molar-refractivity contribution is 8.00. The monoisotopic (exact) mass is 464 g/mol. The Hall–Kier alpha value is -3.06. The van der Waals surface area contributed by atoms with Gasteiger partial charge >= 0.3 is 0 Å². The van der Waals surface area contributed by atoms with Crippen molar-refractivity contribution in [3.05, 3.63) is 72.3 Å². The minimum Gasteiger partial charge on any atom is -0.496 e. The molecule has 0 saturated heterocycles. The largest absolute Gasteiger partial charge is 0.496 e. The van der Waals surface area contributed by atoms with Crippen molar-refractivity contribution in [1.29, 1.82) is 0 Å². The number of carbonyl (C=O) groups is 1. The summed E-state index contributed by atoms with van der Waals surface area (Å²) in [6, 6.07) is 16.1. The Balaban J connectivity index is 1.73. The number of aromatic nitrogens is 3. The van der Waals surface area contributed by atoms with Gasteiger partial charge in [0.25, 0.3) is 0 Å². The highest BCUT2D eigenvalue weighted by Gasteiger charge is 2.21. The predicted octanol–water partition coefficient (Wildman–Crippen LogP) is 5.23. The van der Waals surface area contributed by atoms with Crippen molar-refractivity contribution in [1.82, 2.24) is 20.1 Å². The summed E-state index contributed by atoms with van der Waals surface area (Å²) < 4.78 is 7.35. The molecule has 33 heavy (non-hydrogen) atoms. The van der Waals surface area contributed by atoms with E-state index in [1.165, 1.54) is 17.3 Å². The molecule has 174 valence electrons. The van der Waals surface area contributed by atoms with Gasteiger partial charge in [-0.2, -0.15) is 0 Å². The first-order valence-electron chi connectivity index (χ1n) is 11.0. The van der Waals surface area contributed by atoms with Crippen LogP contribution in [0.2, 0.25) is 0 Å². The number of hydrogen-bond acceptors (Lipinski definition) is 5. The normalized spacial score (nSPS) is 12.3. The second-order valence-electron chi connectivity index (χ2n) is 8.82. The van der Waals surface area contributed by atoms with Gasteiger partial charge in [-0.15, -0.1) is 16.8 Å². The van der Waals surface area contributed by atoms with Crippen LogP contribution in [0.25, 0.3) is 11.4 Å². The summed E-state index contributed by atoms with van der Waals surface area (Å²) in [5, 5.41) is 12.1. The van der Waals surface area contributed by atoms with E-state index in [-0.39, 0.29) is 16.6 Å². The zero-order valence-corrected chi connectivity index (χ0v) is 20.8. The number of methoxy groups -OCH3 is 1. The Bertz CT molecular complexity index is 1100. The Morgan fingerprint density at radius 3 is 2.52 bits per heavy atom. The Labute approximate surface area is 200 Å². The van der Waals surface area contributed by atoms with E-state index in [0.717, 1.165) is 22.7 Å². The molecule has 0 radical (unpaired) electrons. The van der Waals surface area contributed by atoms with E-state index in [0.29, 0.717) is 18.2 Å². The van der Waals surface area contributed by atoms with E-state index < -0.39 is 0 Å². The van der Waals surface area contributed by atoms with Crippen molar-refractivity contribution in [2.24, 2.45) is 0 Å². The van der Waals surface area contributed by atoms with Crippen LogP contribution in [0.1, 0.15) is 38.8 Å². The number of carbonyl (C=O) groups excluding carboxylic acids is 1. The van der Waals surface area contributed by atoms with Crippen LogP contribution in [0, 0.1) is 0 Å². The average molecular weight is 465 g/mol. The summed E-state index contributed by atoms with van der Waals surface area (Å²) in [5.41, 5.74) is 3.26. The molecule has 2 aromatic carbocycles. The van der Waals surface area contributed by atoms with Gasteiger partial charge in [-0.3, -0.25) is 9.36 Å². The van der Waals surface area contributed by atoms with Gasteiger partial charge in [-0.1, -0.05) is 81.1 Å². The average Bonchev–Trinajstić information content (AvgIpc) is 3.19. The van der Waals surface area contributed by atoms with Crippen LogP contribution < -0.4 is 10.1 Å². The fraction of sp³-hybridized carbons (Fsp3) is 0.346. The number of benzene rings is 2. The third-order valence-corrected chi connectivity index (χ3v) is 6.42. The molecule has 1 amide bonds. The van der Waals surface area contributed by atoms with Gasteiger partial charge < -0.3 is 10.1 Å².